The summed E-state index contributed by atoms with van der Waals surface area (Å²) in [6.07, 6.45) is 1.84. The Morgan fingerprint density at radius 3 is 2.51 bits per heavy atom. The predicted octanol–water partition coefficient (Wildman–Crippen LogP) is 3.35. The van der Waals surface area contributed by atoms with Crippen LogP contribution in [0.4, 0.5) is 0 Å². The first-order valence-corrected chi connectivity index (χ1v) is 14.5. The van der Waals surface area contributed by atoms with Crippen molar-refractivity contribution in [3.63, 3.8) is 0 Å². The van der Waals surface area contributed by atoms with Gasteiger partial charge in [-0.05, 0) is 47.7 Å². The lowest BCUT2D eigenvalue weighted by molar-refractivity contribution is -0.135. The summed E-state index contributed by atoms with van der Waals surface area (Å²) in [4.78, 5) is 33.3. The number of nitrogens with one attached hydrogen (secondary N) is 2. The number of hydrogen-bond acceptors (Lipinski definition) is 5. The Morgan fingerprint density at radius 2 is 1.80 bits per heavy atom. The number of nitrogens with two attached hydrogens (primary N) is 2. The van der Waals surface area contributed by atoms with Gasteiger partial charge in [-0.1, -0.05) is 74.5 Å². The molecule has 4 atom stereocenters. The smallest absolute Gasteiger partial charge is 0.251 e. The molecular formula is C32H42N6O3. The highest BCUT2D eigenvalue weighted by Crippen LogP contribution is 2.23. The van der Waals surface area contributed by atoms with Crippen LogP contribution >= 0.6 is 0 Å². The van der Waals surface area contributed by atoms with Gasteiger partial charge in [0.2, 0.25) is 5.91 Å². The molecule has 0 aliphatic carbocycles. The number of carbonyl (C=O) groups excluding carboxylic acids is 2. The molecule has 41 heavy (non-hydrogen) atoms. The van der Waals surface area contributed by atoms with Crippen LogP contribution in [0.15, 0.2) is 77.8 Å². The highest BCUT2D eigenvalue weighted by atomic mass is 16.5. The molecule has 9 nitrogen and oxygen atoms in total. The highest BCUT2D eigenvalue weighted by Gasteiger charge is 2.37. The normalized spacial score (nSPS) is 18.9. The standard InChI is InChI=1S/C32H42N6O3/c1-3-18-41-28(23-11-6-5-7-12-23)21-38-17-16-26(36-29(31(38)40)27(4-2)37-32(33)34)20-35-30(39)25-15-14-22-10-8-9-13-24(22)19-25/h5-15,19,26-29,36H,3-4,16-18,20-21H2,1-2H3,(H,35,39)(H4,33,34,37)/t26-,27?,28?,29-/m0/s1. The minimum Gasteiger partial charge on any atom is -0.372 e. The van der Waals surface area contributed by atoms with Crippen LogP contribution in [0.5, 0.6) is 0 Å². The van der Waals surface area contributed by atoms with Crippen LogP contribution in [0.2, 0.25) is 0 Å². The molecule has 9 heteroatoms. The lowest BCUT2D eigenvalue weighted by Gasteiger charge is -2.31. The van der Waals surface area contributed by atoms with Crippen LogP contribution in [0.1, 0.15) is 55.1 Å². The molecular weight excluding hydrogens is 516 g/mol. The van der Waals surface area contributed by atoms with Gasteiger partial charge in [0.05, 0.1) is 12.6 Å². The van der Waals surface area contributed by atoms with Gasteiger partial charge in [0.15, 0.2) is 5.96 Å². The summed E-state index contributed by atoms with van der Waals surface area (Å²) in [6, 6.07) is 22.3. The molecule has 0 bridgehead atoms. The molecule has 2 amide bonds. The number of aliphatic imine (C=N–C) groups is 1. The third-order valence-corrected chi connectivity index (χ3v) is 7.46. The van der Waals surface area contributed by atoms with Crippen molar-refractivity contribution in [3.05, 3.63) is 83.9 Å². The van der Waals surface area contributed by atoms with Crippen LogP contribution in [0.3, 0.4) is 0 Å². The van der Waals surface area contributed by atoms with Crippen LogP contribution in [0, 0.1) is 0 Å². The van der Waals surface area contributed by atoms with Crippen molar-refractivity contribution in [2.75, 3.05) is 26.2 Å². The molecule has 0 radical (unpaired) electrons. The number of carbonyl (C=O) groups is 2. The maximum atomic E-state index is 14.0. The van der Waals surface area contributed by atoms with E-state index in [1.54, 1.807) is 0 Å². The minimum absolute atomic E-state index is 0.0585. The van der Waals surface area contributed by atoms with Crippen LogP contribution in [0.25, 0.3) is 10.8 Å². The Balaban J connectivity index is 1.52. The Kier molecular flexibility index (Phi) is 10.7. The van der Waals surface area contributed by atoms with Crippen molar-refractivity contribution in [2.24, 2.45) is 16.5 Å². The molecule has 0 aromatic heterocycles. The molecule has 0 saturated carbocycles. The fourth-order valence-electron chi connectivity index (χ4n) is 5.27. The predicted molar refractivity (Wildman–Crippen MR) is 164 cm³/mol. The molecule has 3 aromatic rings. The van der Waals surface area contributed by atoms with E-state index in [0.717, 1.165) is 22.8 Å². The zero-order valence-corrected chi connectivity index (χ0v) is 24.0. The minimum atomic E-state index is -0.644. The fourth-order valence-corrected chi connectivity index (χ4v) is 5.27. The zero-order chi connectivity index (χ0) is 29.2. The Bertz CT molecular complexity index is 1330. The van der Waals surface area contributed by atoms with Gasteiger partial charge in [-0.2, -0.15) is 0 Å². The summed E-state index contributed by atoms with van der Waals surface area (Å²) in [7, 11) is 0. The van der Waals surface area contributed by atoms with Gasteiger partial charge in [0.25, 0.3) is 5.91 Å². The molecule has 3 aromatic carbocycles. The monoisotopic (exact) mass is 558 g/mol. The number of benzene rings is 3. The Labute approximate surface area is 242 Å². The molecule has 0 spiro atoms. The molecule has 1 aliphatic rings. The fraction of sp³-hybridized carbons (Fsp3) is 0.406. The number of nitrogens with zero attached hydrogens (tertiary/aromatic N) is 2. The number of fused-ring (bicyclic) bond motifs is 1. The lowest BCUT2D eigenvalue weighted by atomic mass is 10.0. The summed E-state index contributed by atoms with van der Waals surface area (Å²) in [6.45, 7) is 5.89. The molecule has 2 unspecified atom stereocenters. The van der Waals surface area contributed by atoms with Gasteiger partial charge in [-0.3, -0.25) is 14.9 Å². The van der Waals surface area contributed by atoms with Crippen LogP contribution in [-0.4, -0.2) is 67.0 Å². The quantitative estimate of drug-likeness (QED) is 0.199. The summed E-state index contributed by atoms with van der Waals surface area (Å²) < 4.78 is 6.20. The Morgan fingerprint density at radius 1 is 1.07 bits per heavy atom. The number of rotatable bonds is 12. The van der Waals surface area contributed by atoms with Gasteiger partial charge in [0, 0.05) is 31.3 Å². The molecule has 218 valence electrons. The second-order valence-electron chi connectivity index (χ2n) is 10.5. The first-order chi connectivity index (χ1) is 19.9. The summed E-state index contributed by atoms with van der Waals surface area (Å²) >= 11 is 0. The molecule has 6 N–H and O–H groups in total. The van der Waals surface area contributed by atoms with Gasteiger partial charge in [-0.15, -0.1) is 0 Å². The summed E-state index contributed by atoms with van der Waals surface area (Å²) in [5, 5.41) is 8.63. The maximum Gasteiger partial charge on any atom is 0.251 e. The van der Waals surface area contributed by atoms with Crippen molar-refractivity contribution < 1.29 is 14.3 Å². The van der Waals surface area contributed by atoms with Gasteiger partial charge in [0.1, 0.15) is 12.1 Å². The number of amides is 2. The van der Waals surface area contributed by atoms with E-state index in [2.05, 4.69) is 22.5 Å². The number of hydrogen-bond donors (Lipinski definition) is 4. The van der Waals surface area contributed by atoms with Crippen molar-refractivity contribution in [1.82, 2.24) is 15.5 Å². The van der Waals surface area contributed by atoms with Crippen molar-refractivity contribution in [2.45, 2.75) is 57.3 Å². The molecule has 4 rings (SSSR count). The molecule has 1 saturated heterocycles. The molecule has 1 heterocycles. The highest BCUT2D eigenvalue weighted by molar-refractivity contribution is 5.98. The maximum absolute atomic E-state index is 14.0. The van der Waals surface area contributed by atoms with Crippen molar-refractivity contribution in [1.29, 1.82) is 0 Å². The van der Waals surface area contributed by atoms with Crippen molar-refractivity contribution >= 4 is 28.5 Å². The third-order valence-electron chi connectivity index (χ3n) is 7.46. The summed E-state index contributed by atoms with van der Waals surface area (Å²) in [5.41, 5.74) is 13.1. The van der Waals surface area contributed by atoms with Gasteiger partial charge < -0.3 is 26.4 Å². The number of guanidine groups is 1. The Hall–Kier alpha value is -3.95. The summed E-state index contributed by atoms with van der Waals surface area (Å²) in [5.74, 6) is -0.294. The van der Waals surface area contributed by atoms with Crippen molar-refractivity contribution in [3.8, 4) is 0 Å². The average Bonchev–Trinajstić information content (AvgIpc) is 3.15. The average molecular weight is 559 g/mol. The molecule has 1 fully saturated rings. The second-order valence-corrected chi connectivity index (χ2v) is 10.5. The van der Waals surface area contributed by atoms with E-state index in [1.165, 1.54) is 0 Å². The van der Waals surface area contributed by atoms with E-state index in [9.17, 15) is 9.59 Å². The zero-order valence-electron chi connectivity index (χ0n) is 24.0. The SMILES string of the molecule is CCCOC(CN1CC[C@@H](CNC(=O)c2ccc3ccccc3c2)N[C@@H](C(CC)N=C(N)N)C1=O)c1ccccc1. The largest absolute Gasteiger partial charge is 0.372 e. The third kappa shape index (κ3) is 8.05. The topological polar surface area (TPSA) is 135 Å². The van der Waals surface area contributed by atoms with E-state index < -0.39 is 12.1 Å². The van der Waals surface area contributed by atoms with Crippen LogP contribution in [-0.2, 0) is 9.53 Å². The van der Waals surface area contributed by atoms with Gasteiger partial charge in [-0.25, -0.2) is 4.99 Å². The first-order valence-electron chi connectivity index (χ1n) is 14.5. The number of ether oxygens (including phenoxy) is 1. The first kappa shape index (κ1) is 30.0. The van der Waals surface area contributed by atoms with E-state index in [-0.39, 0.29) is 29.9 Å². The van der Waals surface area contributed by atoms with E-state index in [1.807, 2.05) is 84.6 Å². The lowest BCUT2D eigenvalue weighted by Crippen LogP contribution is -2.54. The molecule has 1 aliphatic heterocycles. The van der Waals surface area contributed by atoms with Gasteiger partial charge >= 0.3 is 0 Å². The van der Waals surface area contributed by atoms with E-state index in [4.69, 9.17) is 16.2 Å². The van der Waals surface area contributed by atoms with Crippen LogP contribution < -0.4 is 22.1 Å². The van der Waals surface area contributed by atoms with E-state index >= 15 is 0 Å². The second kappa shape index (κ2) is 14.6. The van der Waals surface area contributed by atoms with E-state index in [0.29, 0.717) is 44.6 Å².